The van der Waals surface area contributed by atoms with Gasteiger partial charge in [0.25, 0.3) is 0 Å². The van der Waals surface area contributed by atoms with Crippen LogP contribution in [0.5, 0.6) is 5.75 Å². The second-order valence-corrected chi connectivity index (χ2v) is 11.5. The Kier molecular flexibility index (Phi) is 8.57. The van der Waals surface area contributed by atoms with Crippen LogP contribution in [0.2, 0.25) is 0 Å². The molecule has 0 unspecified atom stereocenters. The van der Waals surface area contributed by atoms with Crippen LogP contribution < -0.4 is 15.4 Å². The summed E-state index contributed by atoms with van der Waals surface area (Å²) in [5, 5.41) is 17.7. The van der Waals surface area contributed by atoms with Crippen molar-refractivity contribution in [1.29, 1.82) is 0 Å². The molecule has 1 saturated carbocycles. The van der Waals surface area contributed by atoms with Gasteiger partial charge in [-0.1, -0.05) is 43.3 Å². The van der Waals surface area contributed by atoms with Gasteiger partial charge in [-0.25, -0.2) is 4.79 Å². The summed E-state index contributed by atoms with van der Waals surface area (Å²) in [5.41, 5.74) is 2.01. The molecule has 1 aliphatic heterocycles. The van der Waals surface area contributed by atoms with Crippen molar-refractivity contribution in [3.8, 4) is 5.75 Å². The Balaban J connectivity index is 1.37. The van der Waals surface area contributed by atoms with E-state index in [0.29, 0.717) is 23.5 Å². The molecule has 212 valence electrons. The van der Waals surface area contributed by atoms with Crippen LogP contribution in [0.4, 0.5) is 16.2 Å². The molecule has 0 spiro atoms. The Bertz CT molecular complexity index is 1350. The minimum atomic E-state index is -0.365. The number of aliphatic hydroxyl groups excluding tert-OH is 1. The number of likely N-dealkylation sites (N-methyl/N-ethyl adjacent to an activating group) is 1. The summed E-state index contributed by atoms with van der Waals surface area (Å²) in [6.07, 6.45) is 2.57. The molecule has 0 saturated heterocycles. The van der Waals surface area contributed by atoms with Crippen molar-refractivity contribution in [2.75, 3.05) is 43.9 Å². The molecule has 5 rings (SSSR count). The number of amides is 3. The van der Waals surface area contributed by atoms with E-state index in [-0.39, 0.29) is 43.0 Å². The average molecular weight is 545 g/mol. The van der Waals surface area contributed by atoms with Gasteiger partial charge in [-0.2, -0.15) is 0 Å². The number of urea groups is 1. The first-order valence-corrected chi connectivity index (χ1v) is 14.2. The van der Waals surface area contributed by atoms with Crippen LogP contribution >= 0.6 is 0 Å². The molecule has 3 N–H and O–H groups in total. The van der Waals surface area contributed by atoms with Crippen molar-refractivity contribution < 1.29 is 19.4 Å². The topological polar surface area (TPSA) is 94.1 Å². The molecule has 8 nitrogen and oxygen atoms in total. The molecule has 1 heterocycles. The van der Waals surface area contributed by atoms with Crippen molar-refractivity contribution in [2.24, 2.45) is 11.8 Å². The summed E-state index contributed by atoms with van der Waals surface area (Å²) in [4.78, 5) is 30.5. The lowest BCUT2D eigenvalue weighted by atomic mass is 10.0. The molecule has 1 aliphatic carbocycles. The quantitative estimate of drug-likeness (QED) is 0.372. The molecule has 2 aliphatic rings. The van der Waals surface area contributed by atoms with E-state index in [1.54, 1.807) is 4.90 Å². The smallest absolute Gasteiger partial charge is 0.323 e. The van der Waals surface area contributed by atoms with Gasteiger partial charge in [0.05, 0.1) is 24.8 Å². The number of benzene rings is 3. The van der Waals surface area contributed by atoms with Gasteiger partial charge in [0.2, 0.25) is 5.91 Å². The second kappa shape index (κ2) is 12.3. The van der Waals surface area contributed by atoms with Crippen molar-refractivity contribution >= 4 is 34.1 Å². The molecule has 3 aromatic rings. The highest BCUT2D eigenvalue weighted by molar-refractivity contribution is 6.06. The van der Waals surface area contributed by atoms with Crippen LogP contribution in [0.15, 0.2) is 60.7 Å². The number of hydrogen-bond acceptors (Lipinski definition) is 5. The lowest BCUT2D eigenvalue weighted by Gasteiger charge is -2.34. The van der Waals surface area contributed by atoms with Crippen molar-refractivity contribution in [3.63, 3.8) is 0 Å². The van der Waals surface area contributed by atoms with E-state index in [1.807, 2.05) is 67.6 Å². The van der Waals surface area contributed by atoms with E-state index < -0.39 is 0 Å². The molecule has 0 aromatic heterocycles. The number of fused-ring (bicyclic) bond motifs is 2. The van der Waals surface area contributed by atoms with Gasteiger partial charge in [0.15, 0.2) is 0 Å². The number of hydrogen-bond donors (Lipinski definition) is 3. The highest BCUT2D eigenvalue weighted by Gasteiger charge is 2.32. The van der Waals surface area contributed by atoms with Gasteiger partial charge < -0.3 is 30.3 Å². The normalized spacial score (nSPS) is 20.2. The maximum absolute atomic E-state index is 13.5. The van der Waals surface area contributed by atoms with E-state index in [9.17, 15) is 14.7 Å². The van der Waals surface area contributed by atoms with Crippen molar-refractivity contribution in [3.05, 3.63) is 66.2 Å². The minimum absolute atomic E-state index is 0.0647. The summed E-state index contributed by atoms with van der Waals surface area (Å²) in [6.45, 7) is 6.18. The number of aliphatic hydroxyl groups is 1. The molecule has 1 fully saturated rings. The Hall–Kier alpha value is -3.62. The summed E-state index contributed by atoms with van der Waals surface area (Å²) in [7, 11) is 2.13. The summed E-state index contributed by atoms with van der Waals surface area (Å²) < 4.78 is 6.60. The summed E-state index contributed by atoms with van der Waals surface area (Å²) in [5.74, 6) is 1.42. The van der Waals surface area contributed by atoms with E-state index in [4.69, 9.17) is 4.74 Å². The highest BCUT2D eigenvalue weighted by atomic mass is 16.5. The van der Waals surface area contributed by atoms with Crippen LogP contribution in [-0.4, -0.2) is 72.3 Å². The lowest BCUT2D eigenvalue weighted by molar-refractivity contribution is -0.134. The molecule has 3 amide bonds. The van der Waals surface area contributed by atoms with Crippen molar-refractivity contribution in [1.82, 2.24) is 9.80 Å². The third-order valence-electron chi connectivity index (χ3n) is 7.97. The number of carbonyl (C=O) groups is 2. The fraction of sp³-hybridized carbons (Fsp3) is 0.438. The number of nitrogens with one attached hydrogen (secondary N) is 2. The molecular weight excluding hydrogens is 504 g/mol. The van der Waals surface area contributed by atoms with Gasteiger partial charge in [-0.05, 0) is 62.4 Å². The Morgan fingerprint density at radius 2 is 1.88 bits per heavy atom. The predicted octanol–water partition coefficient (Wildman–Crippen LogP) is 4.97. The zero-order valence-corrected chi connectivity index (χ0v) is 23.6. The monoisotopic (exact) mass is 544 g/mol. The maximum Gasteiger partial charge on any atom is 0.323 e. The predicted molar refractivity (Wildman–Crippen MR) is 159 cm³/mol. The Morgan fingerprint density at radius 1 is 1.10 bits per heavy atom. The molecule has 40 heavy (non-hydrogen) atoms. The fourth-order valence-electron chi connectivity index (χ4n) is 5.47. The Labute approximate surface area is 236 Å². The molecule has 0 radical (unpaired) electrons. The van der Waals surface area contributed by atoms with Gasteiger partial charge in [0.1, 0.15) is 11.9 Å². The number of nitrogens with zero attached hydrogens (tertiary/aromatic N) is 2. The lowest BCUT2D eigenvalue weighted by Crippen LogP contribution is -2.47. The number of carbonyl (C=O) groups excluding carboxylic acids is 2. The molecular formula is C32H40N4O4. The standard InChI is InChI=1S/C32H40N4O4/c1-21-17-36(22(2)20-37)31(38)16-25-15-26(13-14-29(25)40-30(21)19-35(3)18-23-11-12-23)33-32(39)34-28-10-6-8-24-7-4-5-9-27(24)28/h4-10,13-15,21-23,30,37H,11-12,16-20H2,1-3H3,(H2,33,34,39)/t21-,22-,30-/m0/s1. The largest absolute Gasteiger partial charge is 0.488 e. The molecule has 3 atom stereocenters. The number of rotatable bonds is 8. The first-order chi connectivity index (χ1) is 19.3. The molecule has 0 bridgehead atoms. The average Bonchev–Trinajstić information content (AvgIpc) is 3.75. The maximum atomic E-state index is 13.5. The van der Waals surface area contributed by atoms with E-state index in [2.05, 4.69) is 29.5 Å². The summed E-state index contributed by atoms with van der Waals surface area (Å²) >= 11 is 0. The van der Waals surface area contributed by atoms with E-state index in [1.165, 1.54) is 12.8 Å². The second-order valence-electron chi connectivity index (χ2n) is 11.5. The van der Waals surface area contributed by atoms with Crippen LogP contribution in [0.1, 0.15) is 32.3 Å². The van der Waals surface area contributed by atoms with E-state index in [0.717, 1.165) is 35.5 Å². The van der Waals surface area contributed by atoms with Gasteiger partial charge >= 0.3 is 6.03 Å². The highest BCUT2D eigenvalue weighted by Crippen LogP contribution is 2.32. The van der Waals surface area contributed by atoms with Crippen LogP contribution in [0, 0.1) is 11.8 Å². The third-order valence-corrected chi connectivity index (χ3v) is 7.97. The fourth-order valence-corrected chi connectivity index (χ4v) is 5.47. The molecule has 8 heteroatoms. The Morgan fingerprint density at radius 3 is 2.65 bits per heavy atom. The summed E-state index contributed by atoms with van der Waals surface area (Å²) in [6, 6.07) is 18.5. The minimum Gasteiger partial charge on any atom is -0.488 e. The van der Waals surface area contributed by atoms with Gasteiger partial charge in [-0.15, -0.1) is 0 Å². The zero-order chi connectivity index (χ0) is 28.2. The third kappa shape index (κ3) is 6.74. The first kappa shape index (κ1) is 27.9. The van der Waals surface area contributed by atoms with Gasteiger partial charge in [0, 0.05) is 42.2 Å². The van der Waals surface area contributed by atoms with Gasteiger partial charge in [-0.3, -0.25) is 4.79 Å². The molecule has 3 aromatic carbocycles. The van der Waals surface area contributed by atoms with Crippen molar-refractivity contribution in [2.45, 2.75) is 45.3 Å². The van der Waals surface area contributed by atoms with Crippen LogP contribution in [-0.2, 0) is 11.2 Å². The van der Waals surface area contributed by atoms with Crippen LogP contribution in [0.25, 0.3) is 10.8 Å². The first-order valence-electron chi connectivity index (χ1n) is 14.2. The number of anilines is 2. The van der Waals surface area contributed by atoms with Crippen LogP contribution in [0.3, 0.4) is 0 Å². The number of ether oxygens (including phenoxy) is 1. The SMILES string of the molecule is C[C@H]1CN([C@@H](C)CO)C(=O)Cc2cc(NC(=O)Nc3cccc4ccccc34)ccc2O[C@H]1CN(C)CC1CC1. The van der Waals surface area contributed by atoms with E-state index >= 15 is 0 Å². The zero-order valence-electron chi connectivity index (χ0n) is 23.6.